The number of nitrogens with one attached hydrogen (secondary N) is 2. The molecule has 2 aromatic carbocycles. The minimum atomic E-state index is -1.11. The van der Waals surface area contributed by atoms with Gasteiger partial charge < -0.3 is 20.5 Å². The third-order valence-electron chi connectivity index (χ3n) is 6.40. The van der Waals surface area contributed by atoms with Gasteiger partial charge in [-0.15, -0.1) is 11.3 Å². The van der Waals surface area contributed by atoms with Crippen LogP contribution in [0.2, 0.25) is 0 Å². The van der Waals surface area contributed by atoms with Gasteiger partial charge in [0.25, 0.3) is 0 Å². The van der Waals surface area contributed by atoms with E-state index < -0.39 is 18.1 Å². The van der Waals surface area contributed by atoms with Crippen LogP contribution in [0, 0.1) is 5.92 Å². The van der Waals surface area contributed by atoms with E-state index in [0.29, 0.717) is 17.3 Å². The Hall–Kier alpha value is -3.72. The highest BCUT2D eigenvalue weighted by molar-refractivity contribution is 7.09. The average Bonchev–Trinajstić information content (AvgIpc) is 3.44. The van der Waals surface area contributed by atoms with Gasteiger partial charge in [0.15, 0.2) is 5.69 Å². The molecule has 1 heterocycles. The van der Waals surface area contributed by atoms with Crippen LogP contribution >= 0.6 is 11.3 Å². The van der Waals surface area contributed by atoms with Crippen molar-refractivity contribution in [1.82, 2.24) is 15.6 Å². The molecule has 0 saturated heterocycles. The second-order valence-electron chi connectivity index (χ2n) is 8.85. The molecule has 1 aromatic heterocycles. The number of aromatic carboxylic acids is 1. The first-order valence-corrected chi connectivity index (χ1v) is 12.4. The number of benzene rings is 2. The number of alkyl carbamates (subject to hydrolysis) is 1. The Labute approximate surface area is 206 Å². The quantitative estimate of drug-likeness (QED) is 0.414. The van der Waals surface area contributed by atoms with Gasteiger partial charge >= 0.3 is 12.1 Å². The molecule has 1 fully saturated rings. The number of ether oxygens (including phenoxy) is 1. The van der Waals surface area contributed by atoms with Crippen LogP contribution in [-0.2, 0) is 16.1 Å². The molecular formula is C26H25N3O5S. The van der Waals surface area contributed by atoms with Gasteiger partial charge in [0, 0.05) is 11.3 Å². The fraction of sp³-hybridized carbons (Fsp3) is 0.308. The predicted molar refractivity (Wildman–Crippen MR) is 130 cm³/mol. The Bertz CT molecular complexity index is 1220. The summed E-state index contributed by atoms with van der Waals surface area (Å²) in [5.41, 5.74) is 4.49. The maximum Gasteiger partial charge on any atom is 0.407 e. The van der Waals surface area contributed by atoms with Crippen LogP contribution in [0.1, 0.15) is 51.8 Å². The molecule has 0 bridgehead atoms. The lowest BCUT2D eigenvalue weighted by molar-refractivity contribution is -0.123. The van der Waals surface area contributed by atoms with E-state index in [1.165, 1.54) is 5.38 Å². The molecule has 2 amide bonds. The zero-order valence-corrected chi connectivity index (χ0v) is 19.7. The molecule has 9 heteroatoms. The van der Waals surface area contributed by atoms with E-state index in [0.717, 1.165) is 46.4 Å². The fourth-order valence-electron chi connectivity index (χ4n) is 4.48. The summed E-state index contributed by atoms with van der Waals surface area (Å²) in [5, 5.41) is 16.4. The van der Waals surface area contributed by atoms with Gasteiger partial charge in [-0.1, -0.05) is 61.4 Å². The van der Waals surface area contributed by atoms with E-state index in [1.54, 1.807) is 0 Å². The molecule has 5 rings (SSSR count). The molecule has 0 aliphatic heterocycles. The Balaban J connectivity index is 1.20. The monoisotopic (exact) mass is 491 g/mol. The fourth-order valence-corrected chi connectivity index (χ4v) is 5.18. The number of carboxylic acid groups (broad SMARTS) is 1. The molecule has 8 nitrogen and oxygen atoms in total. The lowest BCUT2D eigenvalue weighted by Gasteiger charge is -2.19. The zero-order chi connectivity index (χ0) is 24.4. The Kier molecular flexibility index (Phi) is 6.50. The van der Waals surface area contributed by atoms with E-state index in [2.05, 4.69) is 39.9 Å². The van der Waals surface area contributed by atoms with E-state index in [4.69, 9.17) is 9.84 Å². The largest absolute Gasteiger partial charge is 0.476 e. The predicted octanol–water partition coefficient (Wildman–Crippen LogP) is 4.16. The highest BCUT2D eigenvalue weighted by Crippen LogP contribution is 2.44. The Morgan fingerprint density at radius 3 is 2.31 bits per heavy atom. The number of nitrogens with zero attached hydrogens (tertiary/aromatic N) is 1. The number of amides is 2. The molecule has 3 aromatic rings. The van der Waals surface area contributed by atoms with Crippen molar-refractivity contribution in [2.45, 2.75) is 37.8 Å². The van der Waals surface area contributed by atoms with E-state index >= 15 is 0 Å². The van der Waals surface area contributed by atoms with Crippen molar-refractivity contribution in [3.8, 4) is 11.1 Å². The van der Waals surface area contributed by atoms with Gasteiger partial charge in [0.05, 0.1) is 6.54 Å². The summed E-state index contributed by atoms with van der Waals surface area (Å²) in [6.45, 7) is 0.277. The summed E-state index contributed by atoms with van der Waals surface area (Å²) in [5.74, 6) is -1.10. The van der Waals surface area contributed by atoms with Crippen LogP contribution in [0.4, 0.5) is 4.79 Å². The van der Waals surface area contributed by atoms with Crippen LogP contribution in [0.3, 0.4) is 0 Å². The molecule has 35 heavy (non-hydrogen) atoms. The normalized spacial score (nSPS) is 15.1. The van der Waals surface area contributed by atoms with E-state index in [-0.39, 0.29) is 30.7 Å². The first-order valence-electron chi connectivity index (χ1n) is 11.6. The smallest absolute Gasteiger partial charge is 0.407 e. The molecule has 3 N–H and O–H groups in total. The zero-order valence-electron chi connectivity index (χ0n) is 18.9. The van der Waals surface area contributed by atoms with Gasteiger partial charge in [0.1, 0.15) is 17.7 Å². The second kappa shape index (κ2) is 9.87. The average molecular weight is 492 g/mol. The highest BCUT2D eigenvalue weighted by atomic mass is 32.1. The van der Waals surface area contributed by atoms with Crippen molar-refractivity contribution in [1.29, 1.82) is 0 Å². The summed E-state index contributed by atoms with van der Waals surface area (Å²) in [7, 11) is 0. The maximum atomic E-state index is 12.8. The molecule has 2 aliphatic carbocycles. The van der Waals surface area contributed by atoms with Gasteiger partial charge in [-0.2, -0.15) is 0 Å². The molecule has 1 saturated carbocycles. The summed E-state index contributed by atoms with van der Waals surface area (Å²) >= 11 is 1.16. The summed E-state index contributed by atoms with van der Waals surface area (Å²) in [6, 6.07) is 15.5. The molecule has 2 aliphatic rings. The van der Waals surface area contributed by atoms with E-state index in [1.807, 2.05) is 24.3 Å². The topological polar surface area (TPSA) is 118 Å². The van der Waals surface area contributed by atoms with Crippen LogP contribution in [-0.4, -0.2) is 40.7 Å². The van der Waals surface area contributed by atoms with Gasteiger partial charge in [-0.25, -0.2) is 14.6 Å². The number of rotatable bonds is 9. The van der Waals surface area contributed by atoms with Crippen molar-refractivity contribution in [3.05, 3.63) is 75.7 Å². The van der Waals surface area contributed by atoms with Gasteiger partial charge in [-0.05, 0) is 34.6 Å². The lowest BCUT2D eigenvalue weighted by atomic mass is 9.98. The van der Waals surface area contributed by atoms with Crippen LogP contribution in [0.25, 0.3) is 11.1 Å². The SMILES string of the molecule is O=C(N[C@@H](CC1CC1)C(=O)NCc1nc(C(=O)O)cs1)OCC1c2ccccc2-c2ccccc21. The van der Waals surface area contributed by atoms with Crippen molar-refractivity contribution in [2.75, 3.05) is 6.61 Å². The number of hydrogen-bond acceptors (Lipinski definition) is 6. The maximum absolute atomic E-state index is 12.8. The first kappa shape index (κ1) is 23.0. The third-order valence-corrected chi connectivity index (χ3v) is 7.25. The van der Waals surface area contributed by atoms with Gasteiger partial charge in [-0.3, -0.25) is 4.79 Å². The number of thiazole rings is 1. The van der Waals surface area contributed by atoms with Gasteiger partial charge in [0.2, 0.25) is 5.91 Å². The summed E-state index contributed by atoms with van der Waals surface area (Å²) in [6.07, 6.45) is 1.97. The Morgan fingerprint density at radius 1 is 1.06 bits per heavy atom. The molecule has 0 radical (unpaired) electrons. The third kappa shape index (κ3) is 5.19. The minimum Gasteiger partial charge on any atom is -0.476 e. The van der Waals surface area contributed by atoms with Crippen molar-refractivity contribution >= 4 is 29.3 Å². The number of aromatic nitrogens is 1. The molecule has 180 valence electrons. The summed E-state index contributed by atoms with van der Waals surface area (Å²) in [4.78, 5) is 40.5. The number of fused-ring (bicyclic) bond motifs is 3. The van der Waals surface area contributed by atoms with Crippen LogP contribution < -0.4 is 10.6 Å². The van der Waals surface area contributed by atoms with Crippen LogP contribution in [0.5, 0.6) is 0 Å². The Morgan fingerprint density at radius 2 is 1.71 bits per heavy atom. The summed E-state index contributed by atoms with van der Waals surface area (Å²) < 4.78 is 5.61. The molecule has 0 unspecified atom stereocenters. The van der Waals surface area contributed by atoms with Crippen molar-refractivity contribution < 1.29 is 24.2 Å². The number of carboxylic acids is 1. The number of hydrogen-bond donors (Lipinski definition) is 3. The molecule has 0 spiro atoms. The van der Waals surface area contributed by atoms with E-state index in [9.17, 15) is 14.4 Å². The van der Waals surface area contributed by atoms with Crippen LogP contribution in [0.15, 0.2) is 53.9 Å². The number of carbonyl (C=O) groups excluding carboxylic acids is 2. The van der Waals surface area contributed by atoms with Crippen molar-refractivity contribution in [3.63, 3.8) is 0 Å². The molecule has 1 atom stereocenters. The lowest BCUT2D eigenvalue weighted by Crippen LogP contribution is -2.47. The minimum absolute atomic E-state index is 0.0504. The standard InChI is InChI=1S/C26H25N3O5S/c30-24(27-12-23-28-22(14-35-23)25(31)32)21(11-15-9-10-15)29-26(33)34-13-20-18-7-3-1-5-16(18)17-6-2-4-8-19(17)20/h1-8,14-15,20-21H,9-13H2,(H,27,30)(H,29,33)(H,31,32)/t21-/m0/s1. The molecular weight excluding hydrogens is 466 g/mol. The second-order valence-corrected chi connectivity index (χ2v) is 9.79. The highest BCUT2D eigenvalue weighted by Gasteiger charge is 2.32. The first-order chi connectivity index (χ1) is 17.0. The van der Waals surface area contributed by atoms with Crippen molar-refractivity contribution in [2.24, 2.45) is 5.92 Å². The number of carbonyl (C=O) groups is 3.